The number of phenols is 1. The van der Waals surface area contributed by atoms with Crippen molar-refractivity contribution in [2.75, 3.05) is 18.9 Å². The SMILES string of the molecule is CC(C)(C)OCCOC(=O)c1cccc(N)c1O. The van der Waals surface area contributed by atoms with Crippen molar-refractivity contribution >= 4 is 11.7 Å². The summed E-state index contributed by atoms with van der Waals surface area (Å²) in [5.41, 5.74) is 5.43. The topological polar surface area (TPSA) is 81.8 Å². The molecular formula is C13H19NO4. The number of para-hydroxylation sites is 1. The van der Waals surface area contributed by atoms with Crippen LogP contribution in [0.3, 0.4) is 0 Å². The molecule has 0 atom stereocenters. The van der Waals surface area contributed by atoms with E-state index in [0.29, 0.717) is 6.61 Å². The van der Waals surface area contributed by atoms with Crippen molar-refractivity contribution in [3.63, 3.8) is 0 Å². The number of benzene rings is 1. The van der Waals surface area contributed by atoms with E-state index < -0.39 is 5.97 Å². The van der Waals surface area contributed by atoms with Crippen LogP contribution in [0.25, 0.3) is 0 Å². The second-order valence-corrected chi connectivity index (χ2v) is 4.84. The molecule has 0 heterocycles. The number of carbonyl (C=O) groups excluding carboxylic acids is 1. The van der Waals surface area contributed by atoms with Crippen molar-refractivity contribution in [3.05, 3.63) is 23.8 Å². The number of hydrogen-bond acceptors (Lipinski definition) is 5. The van der Waals surface area contributed by atoms with Crippen LogP contribution in [0.4, 0.5) is 5.69 Å². The highest BCUT2D eigenvalue weighted by molar-refractivity contribution is 5.94. The van der Waals surface area contributed by atoms with E-state index in [1.54, 1.807) is 6.07 Å². The first-order valence-corrected chi connectivity index (χ1v) is 5.70. The molecule has 0 saturated carbocycles. The van der Waals surface area contributed by atoms with Crippen LogP contribution in [0.5, 0.6) is 5.75 Å². The molecule has 0 amide bonds. The Kier molecular flexibility index (Phi) is 4.55. The van der Waals surface area contributed by atoms with Crippen molar-refractivity contribution in [1.82, 2.24) is 0 Å². The van der Waals surface area contributed by atoms with Gasteiger partial charge in [0, 0.05) is 0 Å². The first kappa shape index (κ1) is 14.3. The normalized spacial score (nSPS) is 11.3. The highest BCUT2D eigenvalue weighted by atomic mass is 16.6. The Hall–Kier alpha value is -1.75. The predicted molar refractivity (Wildman–Crippen MR) is 68.5 cm³/mol. The molecule has 100 valence electrons. The molecule has 1 rings (SSSR count). The lowest BCUT2D eigenvalue weighted by atomic mass is 10.2. The molecule has 0 fully saturated rings. The van der Waals surface area contributed by atoms with Crippen LogP contribution < -0.4 is 5.73 Å². The van der Waals surface area contributed by atoms with Gasteiger partial charge in [0.25, 0.3) is 0 Å². The predicted octanol–water partition coefficient (Wildman–Crippen LogP) is 1.95. The van der Waals surface area contributed by atoms with Gasteiger partial charge in [-0.2, -0.15) is 0 Å². The van der Waals surface area contributed by atoms with Gasteiger partial charge < -0.3 is 20.3 Å². The minimum atomic E-state index is -0.614. The summed E-state index contributed by atoms with van der Waals surface area (Å²) in [7, 11) is 0. The number of carbonyl (C=O) groups is 1. The molecule has 0 saturated heterocycles. The first-order valence-electron chi connectivity index (χ1n) is 5.70. The number of phenolic OH excluding ortho intramolecular Hbond substituents is 1. The van der Waals surface area contributed by atoms with E-state index in [0.717, 1.165) is 0 Å². The van der Waals surface area contributed by atoms with Crippen molar-refractivity contribution in [2.24, 2.45) is 0 Å². The van der Waals surface area contributed by atoms with Crippen LogP contribution >= 0.6 is 0 Å². The van der Waals surface area contributed by atoms with E-state index in [4.69, 9.17) is 15.2 Å². The summed E-state index contributed by atoms with van der Waals surface area (Å²) < 4.78 is 10.4. The molecule has 5 nitrogen and oxygen atoms in total. The summed E-state index contributed by atoms with van der Waals surface area (Å²) in [6.45, 7) is 6.18. The third-order valence-corrected chi connectivity index (χ3v) is 2.14. The van der Waals surface area contributed by atoms with E-state index in [1.807, 2.05) is 20.8 Å². The zero-order valence-corrected chi connectivity index (χ0v) is 10.9. The lowest BCUT2D eigenvalue weighted by Gasteiger charge is -2.19. The fraction of sp³-hybridized carbons (Fsp3) is 0.462. The highest BCUT2D eigenvalue weighted by Crippen LogP contribution is 2.24. The number of rotatable bonds is 4. The van der Waals surface area contributed by atoms with Crippen LogP contribution in [0.1, 0.15) is 31.1 Å². The number of hydrogen-bond donors (Lipinski definition) is 2. The number of esters is 1. The maximum absolute atomic E-state index is 11.6. The summed E-state index contributed by atoms with van der Waals surface area (Å²) in [4.78, 5) is 11.6. The standard InChI is InChI=1S/C13H19NO4/c1-13(2,3)18-8-7-17-12(16)9-5-4-6-10(14)11(9)15/h4-6,15H,7-8,14H2,1-3H3. The Morgan fingerprint density at radius 2 is 2.00 bits per heavy atom. The zero-order valence-electron chi connectivity index (χ0n) is 10.9. The highest BCUT2D eigenvalue weighted by Gasteiger charge is 2.15. The number of nitrogen functional groups attached to an aromatic ring is 1. The lowest BCUT2D eigenvalue weighted by molar-refractivity contribution is -0.0282. The smallest absolute Gasteiger partial charge is 0.342 e. The Balaban J connectivity index is 2.49. The average Bonchev–Trinajstić information content (AvgIpc) is 2.26. The third-order valence-electron chi connectivity index (χ3n) is 2.14. The molecule has 0 radical (unpaired) electrons. The van der Waals surface area contributed by atoms with Gasteiger partial charge in [-0.15, -0.1) is 0 Å². The summed E-state index contributed by atoms with van der Waals surface area (Å²) in [6, 6.07) is 4.55. The van der Waals surface area contributed by atoms with Gasteiger partial charge in [0.15, 0.2) is 5.75 Å². The van der Waals surface area contributed by atoms with E-state index in [2.05, 4.69) is 0 Å². The largest absolute Gasteiger partial charge is 0.505 e. The van der Waals surface area contributed by atoms with Gasteiger partial charge in [0.1, 0.15) is 12.2 Å². The second kappa shape index (κ2) is 5.73. The Bertz CT molecular complexity index is 423. The van der Waals surface area contributed by atoms with Gasteiger partial charge in [-0.1, -0.05) is 6.07 Å². The van der Waals surface area contributed by atoms with Crippen molar-refractivity contribution < 1.29 is 19.4 Å². The van der Waals surface area contributed by atoms with E-state index >= 15 is 0 Å². The molecule has 3 N–H and O–H groups in total. The molecular weight excluding hydrogens is 234 g/mol. The summed E-state index contributed by atoms with van der Waals surface area (Å²) in [5, 5.41) is 9.60. The van der Waals surface area contributed by atoms with E-state index in [9.17, 15) is 9.90 Å². The minimum absolute atomic E-state index is 0.0609. The average molecular weight is 253 g/mol. The van der Waals surface area contributed by atoms with Crippen LogP contribution in [0.15, 0.2) is 18.2 Å². The van der Waals surface area contributed by atoms with Crippen LogP contribution in [0, 0.1) is 0 Å². The molecule has 1 aromatic rings. The van der Waals surface area contributed by atoms with Gasteiger partial charge in [-0.3, -0.25) is 0 Å². The molecule has 5 heteroatoms. The fourth-order valence-electron chi connectivity index (χ4n) is 1.29. The second-order valence-electron chi connectivity index (χ2n) is 4.84. The molecule has 0 aromatic heterocycles. The molecule has 0 unspecified atom stereocenters. The lowest BCUT2D eigenvalue weighted by Crippen LogP contribution is -2.22. The fourth-order valence-corrected chi connectivity index (χ4v) is 1.29. The maximum Gasteiger partial charge on any atom is 0.342 e. The molecule has 1 aromatic carbocycles. The molecule has 0 aliphatic heterocycles. The van der Waals surface area contributed by atoms with Crippen molar-refractivity contribution in [3.8, 4) is 5.75 Å². The van der Waals surface area contributed by atoms with Crippen molar-refractivity contribution in [2.45, 2.75) is 26.4 Å². The van der Waals surface area contributed by atoms with Gasteiger partial charge in [-0.05, 0) is 32.9 Å². The van der Waals surface area contributed by atoms with Gasteiger partial charge in [-0.25, -0.2) is 4.79 Å². The summed E-state index contributed by atoms with van der Waals surface area (Å²) in [5.74, 6) is -0.864. The number of aromatic hydroxyl groups is 1. The summed E-state index contributed by atoms with van der Waals surface area (Å²) >= 11 is 0. The van der Waals surface area contributed by atoms with Gasteiger partial charge in [0.2, 0.25) is 0 Å². The number of ether oxygens (including phenoxy) is 2. The van der Waals surface area contributed by atoms with Crippen LogP contribution in [-0.2, 0) is 9.47 Å². The summed E-state index contributed by atoms with van der Waals surface area (Å²) in [6.07, 6.45) is 0. The molecule has 0 aliphatic rings. The first-order chi connectivity index (χ1) is 8.31. The molecule has 18 heavy (non-hydrogen) atoms. The monoisotopic (exact) mass is 253 g/mol. The zero-order chi connectivity index (χ0) is 13.8. The number of nitrogens with two attached hydrogens (primary N) is 1. The quantitative estimate of drug-likeness (QED) is 0.371. The van der Waals surface area contributed by atoms with Gasteiger partial charge >= 0.3 is 5.97 Å². The molecule has 0 bridgehead atoms. The van der Waals surface area contributed by atoms with E-state index in [-0.39, 0.29) is 29.2 Å². The Labute approximate surface area is 107 Å². The minimum Gasteiger partial charge on any atom is -0.505 e. The van der Waals surface area contributed by atoms with Gasteiger partial charge in [0.05, 0.1) is 17.9 Å². The van der Waals surface area contributed by atoms with E-state index in [1.165, 1.54) is 12.1 Å². The van der Waals surface area contributed by atoms with Crippen LogP contribution in [0.2, 0.25) is 0 Å². The Morgan fingerprint density at radius 1 is 1.33 bits per heavy atom. The molecule has 0 spiro atoms. The van der Waals surface area contributed by atoms with Crippen LogP contribution in [-0.4, -0.2) is 29.9 Å². The molecule has 0 aliphatic carbocycles. The van der Waals surface area contributed by atoms with Crippen molar-refractivity contribution in [1.29, 1.82) is 0 Å². The number of anilines is 1. The third kappa shape index (κ3) is 4.25. The Morgan fingerprint density at radius 3 is 2.61 bits per heavy atom. The maximum atomic E-state index is 11.6.